The maximum absolute atomic E-state index is 12.8. The molecular weight excluding hydrogens is 364 g/mol. The lowest BCUT2D eigenvalue weighted by atomic mass is 9.82. The number of para-hydroxylation sites is 1. The zero-order valence-electron chi connectivity index (χ0n) is 17.2. The summed E-state index contributed by atoms with van der Waals surface area (Å²) in [5, 5.41) is 5.78. The van der Waals surface area contributed by atoms with Gasteiger partial charge in [-0.15, -0.1) is 0 Å². The molecule has 5 nitrogen and oxygen atoms in total. The number of ether oxygens (including phenoxy) is 1. The van der Waals surface area contributed by atoms with Gasteiger partial charge in [0, 0.05) is 11.3 Å². The van der Waals surface area contributed by atoms with Gasteiger partial charge in [-0.3, -0.25) is 9.59 Å². The van der Waals surface area contributed by atoms with E-state index < -0.39 is 0 Å². The molecule has 1 aliphatic carbocycles. The first-order valence-electron chi connectivity index (χ1n) is 10.0. The van der Waals surface area contributed by atoms with Crippen molar-refractivity contribution in [2.24, 2.45) is 11.8 Å². The van der Waals surface area contributed by atoms with Crippen molar-refractivity contribution in [3.63, 3.8) is 0 Å². The van der Waals surface area contributed by atoms with Gasteiger partial charge in [0.1, 0.15) is 5.75 Å². The molecule has 2 N–H and O–H groups in total. The van der Waals surface area contributed by atoms with Gasteiger partial charge in [0.25, 0.3) is 11.8 Å². The van der Waals surface area contributed by atoms with Gasteiger partial charge in [0.05, 0.1) is 18.4 Å². The lowest BCUT2D eigenvalue weighted by molar-refractivity contribution is -0.113. The second kappa shape index (κ2) is 9.41. The molecule has 0 aromatic heterocycles. The Bertz CT molecular complexity index is 901. The molecule has 152 valence electrons. The monoisotopic (exact) mass is 392 g/mol. The molecule has 1 unspecified atom stereocenters. The van der Waals surface area contributed by atoms with E-state index in [4.69, 9.17) is 4.74 Å². The van der Waals surface area contributed by atoms with Crippen molar-refractivity contribution in [3.8, 4) is 5.75 Å². The average Bonchev–Trinajstić information content (AvgIpc) is 2.74. The van der Waals surface area contributed by atoms with Crippen LogP contribution in [-0.2, 0) is 4.79 Å². The summed E-state index contributed by atoms with van der Waals surface area (Å²) in [5.41, 5.74) is 2.39. The van der Waals surface area contributed by atoms with Crippen LogP contribution in [0, 0.1) is 11.8 Å². The molecule has 0 radical (unpaired) electrons. The quantitative estimate of drug-likeness (QED) is 0.704. The molecule has 0 bridgehead atoms. The zero-order valence-corrected chi connectivity index (χ0v) is 17.2. The Kier molecular flexibility index (Phi) is 6.70. The maximum Gasteiger partial charge on any atom is 0.257 e. The van der Waals surface area contributed by atoms with Gasteiger partial charge in [-0.05, 0) is 67.5 Å². The Hall–Kier alpha value is -3.08. The first kappa shape index (κ1) is 20.6. The number of carbonyl (C=O) groups excluding carboxylic acids is 2. The fourth-order valence-corrected chi connectivity index (χ4v) is 3.53. The molecule has 5 heteroatoms. The topological polar surface area (TPSA) is 67.4 Å². The second-order valence-corrected chi connectivity index (χ2v) is 7.69. The Morgan fingerprint density at radius 2 is 1.72 bits per heavy atom. The van der Waals surface area contributed by atoms with Gasteiger partial charge in [0.15, 0.2) is 0 Å². The van der Waals surface area contributed by atoms with E-state index >= 15 is 0 Å². The number of hydrogen-bond acceptors (Lipinski definition) is 3. The Morgan fingerprint density at radius 3 is 2.34 bits per heavy atom. The van der Waals surface area contributed by atoms with E-state index in [1.165, 1.54) is 0 Å². The van der Waals surface area contributed by atoms with Crippen LogP contribution in [0.1, 0.15) is 43.5 Å². The van der Waals surface area contributed by atoms with E-state index in [9.17, 15) is 9.59 Å². The number of carbonyl (C=O) groups is 2. The number of hydrogen-bond donors (Lipinski definition) is 2. The minimum absolute atomic E-state index is 0.128. The van der Waals surface area contributed by atoms with Crippen molar-refractivity contribution >= 4 is 23.2 Å². The summed E-state index contributed by atoms with van der Waals surface area (Å²) in [6.07, 6.45) is 4.77. The Morgan fingerprint density at radius 1 is 1.00 bits per heavy atom. The molecule has 0 saturated carbocycles. The first-order chi connectivity index (χ1) is 14.0. The van der Waals surface area contributed by atoms with Crippen molar-refractivity contribution < 1.29 is 14.3 Å². The van der Waals surface area contributed by atoms with Crippen LogP contribution in [0.4, 0.5) is 11.4 Å². The summed E-state index contributed by atoms with van der Waals surface area (Å²) >= 11 is 0. The number of methoxy groups -OCH3 is 1. The minimum Gasteiger partial charge on any atom is -0.497 e. The maximum atomic E-state index is 12.8. The van der Waals surface area contributed by atoms with Crippen molar-refractivity contribution in [1.82, 2.24) is 0 Å². The highest BCUT2D eigenvalue weighted by Crippen LogP contribution is 2.30. The predicted octanol–water partition coefficient (Wildman–Crippen LogP) is 5.27. The Labute approximate surface area is 172 Å². The van der Waals surface area contributed by atoms with Crippen LogP contribution in [0.3, 0.4) is 0 Å². The standard InChI is InChI=1S/C24H28N2O3/c1-16(2)17-8-10-18(11-9-17)23(27)26-22-7-5-4-6-21(22)24(28)25-19-12-14-20(29-3)15-13-19/h4-7,10,12-17H,8-9,11H2,1-3H3,(H,25,28)(H,26,27). The van der Waals surface area contributed by atoms with Crippen molar-refractivity contribution in [2.75, 3.05) is 17.7 Å². The highest BCUT2D eigenvalue weighted by molar-refractivity contribution is 6.12. The van der Waals surface area contributed by atoms with Crippen LogP contribution in [0.25, 0.3) is 0 Å². The van der Waals surface area contributed by atoms with Gasteiger partial charge in [-0.2, -0.15) is 0 Å². The molecule has 0 heterocycles. The Balaban J connectivity index is 1.69. The zero-order chi connectivity index (χ0) is 20.8. The van der Waals surface area contributed by atoms with Gasteiger partial charge < -0.3 is 15.4 Å². The molecule has 2 amide bonds. The van der Waals surface area contributed by atoms with E-state index in [-0.39, 0.29) is 11.8 Å². The van der Waals surface area contributed by atoms with Crippen LogP contribution >= 0.6 is 0 Å². The molecule has 3 rings (SSSR count). The van der Waals surface area contributed by atoms with Crippen LogP contribution in [-0.4, -0.2) is 18.9 Å². The number of anilines is 2. The largest absolute Gasteiger partial charge is 0.497 e. The summed E-state index contributed by atoms with van der Waals surface area (Å²) in [6, 6.07) is 14.2. The molecule has 0 aliphatic heterocycles. The molecular formula is C24H28N2O3. The van der Waals surface area contributed by atoms with Crippen molar-refractivity contribution in [1.29, 1.82) is 0 Å². The van der Waals surface area contributed by atoms with E-state index in [2.05, 4.69) is 24.5 Å². The third kappa shape index (κ3) is 5.25. The van der Waals surface area contributed by atoms with Gasteiger partial charge >= 0.3 is 0 Å². The highest BCUT2D eigenvalue weighted by Gasteiger charge is 2.22. The summed E-state index contributed by atoms with van der Waals surface area (Å²) < 4.78 is 5.13. The number of nitrogens with one attached hydrogen (secondary N) is 2. The van der Waals surface area contributed by atoms with Crippen LogP contribution in [0.2, 0.25) is 0 Å². The molecule has 1 atom stereocenters. The molecule has 29 heavy (non-hydrogen) atoms. The van der Waals surface area contributed by atoms with E-state index in [1.54, 1.807) is 49.6 Å². The van der Waals surface area contributed by atoms with Gasteiger partial charge in [0.2, 0.25) is 0 Å². The average molecular weight is 392 g/mol. The molecule has 0 spiro atoms. The third-order valence-electron chi connectivity index (χ3n) is 5.45. The molecule has 2 aromatic rings. The molecule has 2 aromatic carbocycles. The molecule has 1 aliphatic rings. The smallest absolute Gasteiger partial charge is 0.257 e. The van der Waals surface area contributed by atoms with Crippen LogP contribution < -0.4 is 15.4 Å². The SMILES string of the molecule is COc1ccc(NC(=O)c2ccccc2NC(=O)C2=CCC(C(C)C)CC2)cc1. The summed E-state index contributed by atoms with van der Waals surface area (Å²) in [5.74, 6) is 1.57. The second-order valence-electron chi connectivity index (χ2n) is 7.69. The van der Waals surface area contributed by atoms with E-state index in [0.717, 1.165) is 30.6 Å². The first-order valence-corrected chi connectivity index (χ1v) is 10.0. The normalized spacial score (nSPS) is 16.1. The lowest BCUT2D eigenvalue weighted by Crippen LogP contribution is -2.22. The lowest BCUT2D eigenvalue weighted by Gasteiger charge is -2.24. The minimum atomic E-state index is -0.274. The fraction of sp³-hybridized carbons (Fsp3) is 0.333. The highest BCUT2D eigenvalue weighted by atomic mass is 16.5. The summed E-state index contributed by atoms with van der Waals surface area (Å²) in [7, 11) is 1.59. The number of allylic oxidation sites excluding steroid dienone is 1. The summed E-state index contributed by atoms with van der Waals surface area (Å²) in [4.78, 5) is 25.5. The third-order valence-corrected chi connectivity index (χ3v) is 5.45. The van der Waals surface area contributed by atoms with Gasteiger partial charge in [-0.25, -0.2) is 0 Å². The van der Waals surface area contributed by atoms with Gasteiger partial charge in [-0.1, -0.05) is 32.1 Å². The molecule has 0 saturated heterocycles. The van der Waals surface area contributed by atoms with Crippen molar-refractivity contribution in [3.05, 3.63) is 65.7 Å². The molecule has 0 fully saturated rings. The van der Waals surface area contributed by atoms with E-state index in [0.29, 0.717) is 28.8 Å². The fourth-order valence-electron chi connectivity index (χ4n) is 3.53. The number of amides is 2. The van der Waals surface area contributed by atoms with Crippen LogP contribution in [0.5, 0.6) is 5.75 Å². The number of benzene rings is 2. The van der Waals surface area contributed by atoms with Crippen molar-refractivity contribution in [2.45, 2.75) is 33.1 Å². The predicted molar refractivity (Wildman–Crippen MR) is 116 cm³/mol. The number of rotatable bonds is 6. The van der Waals surface area contributed by atoms with Crippen LogP contribution in [0.15, 0.2) is 60.2 Å². The van der Waals surface area contributed by atoms with E-state index in [1.807, 2.05) is 12.1 Å². The summed E-state index contributed by atoms with van der Waals surface area (Å²) in [6.45, 7) is 4.45.